The van der Waals surface area contributed by atoms with Crippen LogP contribution in [0.3, 0.4) is 0 Å². The van der Waals surface area contributed by atoms with Crippen LogP contribution in [0.25, 0.3) is 0 Å². The zero-order valence-corrected chi connectivity index (χ0v) is 5.25. The Bertz CT molecular complexity index is 213. The molecule has 1 N–H and O–H groups in total. The topological polar surface area (TPSA) is 29.5 Å². The first-order valence-corrected chi connectivity index (χ1v) is 2.81. The van der Waals surface area contributed by atoms with Crippen LogP contribution in [0.1, 0.15) is 0 Å². The number of hydrogen-bond acceptors (Lipinski definition) is 2. The van der Waals surface area contributed by atoms with E-state index < -0.39 is 6.86 Å². The number of rotatable bonds is 2. The minimum atomic E-state index is -0.872. The molecule has 0 fully saturated rings. The van der Waals surface area contributed by atoms with Gasteiger partial charge in [-0.2, -0.15) is 0 Å². The molecule has 1 rings (SSSR count). The first-order valence-electron chi connectivity index (χ1n) is 2.81. The van der Waals surface area contributed by atoms with Crippen molar-refractivity contribution in [1.82, 2.24) is 0 Å². The van der Waals surface area contributed by atoms with Crippen LogP contribution < -0.4 is 4.74 Å². The largest absolute Gasteiger partial charge is 0.508 e. The van der Waals surface area contributed by atoms with Crippen LogP contribution in [-0.2, 0) is 0 Å². The molecule has 0 aromatic heterocycles. The molecule has 0 aliphatic rings. The third-order valence-corrected chi connectivity index (χ3v) is 1.04. The predicted molar refractivity (Wildman–Crippen MR) is 34.7 cm³/mol. The Hall–Kier alpha value is -1.25. The number of phenolic OH excluding ortho intramolecular Hbond substituents is 1. The summed E-state index contributed by atoms with van der Waals surface area (Å²) in [4.78, 5) is 0. The maximum absolute atomic E-state index is 11.5. The van der Waals surface area contributed by atoms with Crippen LogP contribution in [0.15, 0.2) is 24.3 Å². The first kappa shape index (κ1) is 6.86. The van der Waals surface area contributed by atoms with Crippen LogP contribution in [0, 0.1) is 0 Å². The average molecular weight is 142 g/mol. The zero-order chi connectivity index (χ0) is 7.40. The molecular formula is C7H7FO2. The van der Waals surface area contributed by atoms with E-state index in [4.69, 9.17) is 5.11 Å². The highest BCUT2D eigenvalue weighted by atomic mass is 19.1. The number of aromatic hydroxyl groups is 1. The molecule has 0 aliphatic carbocycles. The Balaban J connectivity index is 2.75. The van der Waals surface area contributed by atoms with E-state index in [1.54, 1.807) is 12.1 Å². The second-order valence-electron chi connectivity index (χ2n) is 1.75. The quantitative estimate of drug-likeness (QED) is 0.680. The number of hydrogen-bond donors (Lipinski definition) is 1. The van der Waals surface area contributed by atoms with E-state index in [-0.39, 0.29) is 5.75 Å². The van der Waals surface area contributed by atoms with Crippen molar-refractivity contribution in [2.75, 3.05) is 6.86 Å². The third kappa shape index (κ3) is 1.62. The van der Waals surface area contributed by atoms with E-state index in [0.717, 1.165) is 0 Å². The van der Waals surface area contributed by atoms with Gasteiger partial charge in [0.1, 0.15) is 11.5 Å². The third-order valence-electron chi connectivity index (χ3n) is 1.04. The average Bonchev–Trinajstić information content (AvgIpc) is 1.88. The lowest BCUT2D eigenvalue weighted by atomic mass is 10.3. The highest BCUT2D eigenvalue weighted by molar-refractivity contribution is 5.31. The highest BCUT2D eigenvalue weighted by Crippen LogP contribution is 2.17. The minimum Gasteiger partial charge on any atom is -0.508 e. The van der Waals surface area contributed by atoms with Gasteiger partial charge in [-0.05, 0) is 12.1 Å². The van der Waals surface area contributed by atoms with Gasteiger partial charge in [0, 0.05) is 6.07 Å². The summed E-state index contributed by atoms with van der Waals surface area (Å²) in [7, 11) is 0. The second-order valence-corrected chi connectivity index (χ2v) is 1.75. The van der Waals surface area contributed by atoms with Gasteiger partial charge in [0.15, 0.2) is 0 Å². The van der Waals surface area contributed by atoms with Crippen molar-refractivity contribution < 1.29 is 14.2 Å². The van der Waals surface area contributed by atoms with Crippen LogP contribution in [0.4, 0.5) is 4.39 Å². The predicted octanol–water partition coefficient (Wildman–Crippen LogP) is 1.70. The Morgan fingerprint density at radius 1 is 1.50 bits per heavy atom. The van der Waals surface area contributed by atoms with E-state index in [0.29, 0.717) is 5.75 Å². The van der Waals surface area contributed by atoms with Crippen LogP contribution in [0.2, 0.25) is 0 Å². The van der Waals surface area contributed by atoms with Crippen LogP contribution >= 0.6 is 0 Å². The molecule has 3 heteroatoms. The molecular weight excluding hydrogens is 135 g/mol. The van der Waals surface area contributed by atoms with Gasteiger partial charge in [0.05, 0.1) is 0 Å². The van der Waals surface area contributed by atoms with Crippen LogP contribution in [0.5, 0.6) is 11.5 Å². The van der Waals surface area contributed by atoms with Gasteiger partial charge in [-0.3, -0.25) is 0 Å². The number of halogens is 1. The molecule has 0 saturated carbocycles. The molecule has 0 aliphatic heterocycles. The second kappa shape index (κ2) is 3.06. The van der Waals surface area contributed by atoms with Crippen molar-refractivity contribution in [1.29, 1.82) is 0 Å². The smallest absolute Gasteiger partial charge is 0.228 e. The van der Waals surface area contributed by atoms with Gasteiger partial charge in [-0.1, -0.05) is 6.07 Å². The Labute approximate surface area is 57.9 Å². The van der Waals surface area contributed by atoms with Gasteiger partial charge in [0.2, 0.25) is 6.86 Å². The molecule has 0 saturated heterocycles. The Kier molecular flexibility index (Phi) is 2.10. The number of ether oxygens (including phenoxy) is 1. The fraction of sp³-hybridized carbons (Fsp3) is 0.143. The summed E-state index contributed by atoms with van der Waals surface area (Å²) in [6.07, 6.45) is 0. The summed E-state index contributed by atoms with van der Waals surface area (Å²) in [5, 5.41) is 8.84. The fourth-order valence-corrected chi connectivity index (χ4v) is 0.636. The zero-order valence-electron chi connectivity index (χ0n) is 5.25. The van der Waals surface area contributed by atoms with Gasteiger partial charge < -0.3 is 9.84 Å². The summed E-state index contributed by atoms with van der Waals surface area (Å²) in [6.45, 7) is -0.872. The van der Waals surface area contributed by atoms with E-state index in [1.807, 2.05) is 0 Å². The molecule has 54 valence electrons. The lowest BCUT2D eigenvalue weighted by Gasteiger charge is -1.99. The first-order chi connectivity index (χ1) is 4.83. The molecule has 0 heterocycles. The van der Waals surface area contributed by atoms with Crippen molar-refractivity contribution in [3.05, 3.63) is 24.3 Å². The summed E-state index contributed by atoms with van der Waals surface area (Å²) < 4.78 is 16.0. The number of alkyl halides is 1. The van der Waals surface area contributed by atoms with Gasteiger partial charge >= 0.3 is 0 Å². The molecule has 10 heavy (non-hydrogen) atoms. The molecule has 0 radical (unpaired) electrons. The summed E-state index contributed by atoms with van der Waals surface area (Å²) in [5.41, 5.74) is 0. The standard InChI is InChI=1S/C7H7FO2/c8-5-10-7-3-1-2-6(9)4-7/h1-4,9H,5H2. The van der Waals surface area contributed by atoms with Crippen LogP contribution in [-0.4, -0.2) is 12.0 Å². The Morgan fingerprint density at radius 2 is 2.30 bits per heavy atom. The van der Waals surface area contributed by atoms with Gasteiger partial charge in [0.25, 0.3) is 0 Å². The SMILES string of the molecule is Oc1cccc(OCF)c1. The molecule has 0 unspecified atom stereocenters. The number of phenols is 1. The lowest BCUT2D eigenvalue weighted by molar-refractivity contribution is 0.191. The Morgan fingerprint density at radius 3 is 2.90 bits per heavy atom. The molecule has 0 atom stereocenters. The van der Waals surface area contributed by atoms with E-state index >= 15 is 0 Å². The molecule has 0 spiro atoms. The highest BCUT2D eigenvalue weighted by Gasteiger charge is 1.91. The molecule has 0 amide bonds. The van der Waals surface area contributed by atoms with Crippen molar-refractivity contribution in [3.63, 3.8) is 0 Å². The summed E-state index contributed by atoms with van der Waals surface area (Å²) in [6, 6.07) is 5.99. The van der Waals surface area contributed by atoms with Gasteiger partial charge in [-0.25, -0.2) is 4.39 Å². The molecule has 1 aromatic carbocycles. The monoisotopic (exact) mass is 142 g/mol. The van der Waals surface area contributed by atoms with E-state index in [1.165, 1.54) is 12.1 Å². The molecule has 1 aromatic rings. The van der Waals surface area contributed by atoms with E-state index in [9.17, 15) is 4.39 Å². The fourth-order valence-electron chi connectivity index (χ4n) is 0.636. The van der Waals surface area contributed by atoms with Crippen molar-refractivity contribution in [2.24, 2.45) is 0 Å². The summed E-state index contributed by atoms with van der Waals surface area (Å²) >= 11 is 0. The van der Waals surface area contributed by atoms with Crippen molar-refractivity contribution in [3.8, 4) is 11.5 Å². The van der Waals surface area contributed by atoms with Crippen molar-refractivity contribution in [2.45, 2.75) is 0 Å². The lowest BCUT2D eigenvalue weighted by Crippen LogP contribution is -1.88. The normalized spacial score (nSPS) is 9.30. The minimum absolute atomic E-state index is 0.0750. The molecule has 0 bridgehead atoms. The molecule has 2 nitrogen and oxygen atoms in total. The van der Waals surface area contributed by atoms with Crippen molar-refractivity contribution >= 4 is 0 Å². The van der Waals surface area contributed by atoms with E-state index in [2.05, 4.69) is 4.74 Å². The maximum Gasteiger partial charge on any atom is 0.228 e. The number of benzene rings is 1. The van der Waals surface area contributed by atoms with Gasteiger partial charge in [-0.15, -0.1) is 0 Å². The maximum atomic E-state index is 11.5. The summed E-state index contributed by atoms with van der Waals surface area (Å²) in [5.74, 6) is 0.411.